The molecule has 0 atom stereocenters. The second-order valence-electron chi connectivity index (χ2n) is 2.15. The summed E-state index contributed by atoms with van der Waals surface area (Å²) in [5.41, 5.74) is 0. The van der Waals surface area contributed by atoms with E-state index >= 15 is 0 Å². The predicted octanol–water partition coefficient (Wildman–Crippen LogP) is 1.08. The molecule has 0 aromatic carbocycles. The van der Waals surface area contributed by atoms with Crippen molar-refractivity contribution in [3.63, 3.8) is 0 Å². The van der Waals surface area contributed by atoms with Crippen molar-refractivity contribution in [3.8, 4) is 0 Å². The van der Waals surface area contributed by atoms with Crippen molar-refractivity contribution in [2.45, 2.75) is 6.18 Å². The molecule has 13 heavy (non-hydrogen) atoms. The molecule has 0 radical (unpaired) electrons. The molecular weight excluding hydrogens is 255 g/mol. The van der Waals surface area contributed by atoms with E-state index in [1.54, 1.807) is 0 Å². The highest BCUT2D eigenvalue weighted by Gasteiger charge is 2.27. The van der Waals surface area contributed by atoms with Crippen LogP contribution in [0.25, 0.3) is 0 Å². The number of rotatable bonds is 5. The summed E-state index contributed by atoms with van der Waals surface area (Å²) in [6, 6.07) is 0. The Kier molecular flexibility index (Phi) is 6.06. The van der Waals surface area contributed by atoms with Gasteiger partial charge < -0.3 is 10.1 Å². The Hall–Kier alpha value is -0.300. The molecule has 0 rings (SSSR count). The minimum atomic E-state index is -4.38. The lowest BCUT2D eigenvalue weighted by Gasteiger charge is -2.07. The molecule has 0 saturated heterocycles. The largest absolute Gasteiger partial charge is 0.411 e. The lowest BCUT2D eigenvalue weighted by molar-refractivity contribution is -0.175. The number of amides is 1. The number of ether oxygens (including phenoxy) is 1. The Bertz CT molecular complexity index is 162. The van der Waals surface area contributed by atoms with Gasteiger partial charge in [0.25, 0.3) is 0 Å². The fourth-order valence-electron chi connectivity index (χ4n) is 0.497. The van der Waals surface area contributed by atoms with E-state index in [0.717, 1.165) is 0 Å². The molecule has 3 nitrogen and oxygen atoms in total. The summed E-state index contributed by atoms with van der Waals surface area (Å²) in [4.78, 5) is 10.7. The van der Waals surface area contributed by atoms with Gasteiger partial charge in [-0.2, -0.15) is 13.2 Å². The second kappa shape index (κ2) is 6.20. The molecule has 7 heteroatoms. The van der Waals surface area contributed by atoms with Crippen LogP contribution in [0.15, 0.2) is 0 Å². The molecule has 1 N–H and O–H groups in total. The molecule has 0 aliphatic heterocycles. The third-order valence-electron chi connectivity index (χ3n) is 0.916. The van der Waals surface area contributed by atoms with E-state index in [2.05, 4.69) is 26.0 Å². The summed E-state index contributed by atoms with van der Waals surface area (Å²) in [5, 5.41) is 2.89. The number of carbonyl (C=O) groups is 1. The van der Waals surface area contributed by atoms with E-state index in [0.29, 0.717) is 11.9 Å². The molecule has 0 fully saturated rings. The first kappa shape index (κ1) is 12.7. The summed E-state index contributed by atoms with van der Waals surface area (Å²) >= 11 is 3.04. The molecule has 1 amide bonds. The van der Waals surface area contributed by atoms with E-state index in [1.807, 2.05) is 0 Å². The van der Waals surface area contributed by atoms with Gasteiger partial charge in [-0.1, -0.05) is 15.9 Å². The molecule has 0 heterocycles. The first-order valence-corrected chi connectivity index (χ1v) is 4.55. The van der Waals surface area contributed by atoms with Crippen LogP contribution >= 0.6 is 15.9 Å². The van der Waals surface area contributed by atoms with Crippen LogP contribution in [0.5, 0.6) is 0 Å². The monoisotopic (exact) mass is 263 g/mol. The minimum absolute atomic E-state index is 0.369. The normalized spacial score (nSPS) is 11.4. The average Bonchev–Trinajstić information content (AvgIpc) is 1.98. The quantitative estimate of drug-likeness (QED) is 0.754. The number of halogens is 4. The van der Waals surface area contributed by atoms with Crippen molar-refractivity contribution in [2.24, 2.45) is 0 Å². The summed E-state index contributed by atoms with van der Waals surface area (Å²) in [6.07, 6.45) is -4.38. The first-order chi connectivity index (χ1) is 5.95. The summed E-state index contributed by atoms with van der Waals surface area (Å²) < 4.78 is 38.6. The highest BCUT2D eigenvalue weighted by molar-refractivity contribution is 9.09. The van der Waals surface area contributed by atoms with Crippen LogP contribution in [0.1, 0.15) is 0 Å². The van der Waals surface area contributed by atoms with Crippen LogP contribution in [-0.4, -0.2) is 37.2 Å². The van der Waals surface area contributed by atoms with Crippen molar-refractivity contribution >= 4 is 21.8 Å². The maximum absolute atomic E-state index is 11.5. The summed E-state index contributed by atoms with van der Waals surface area (Å²) in [7, 11) is 0. The first-order valence-electron chi connectivity index (χ1n) is 3.43. The highest BCUT2D eigenvalue weighted by atomic mass is 79.9. The molecule has 0 unspecified atom stereocenters. The Balaban J connectivity index is 3.37. The Morgan fingerprint density at radius 3 is 2.54 bits per heavy atom. The third kappa shape index (κ3) is 9.62. The van der Waals surface area contributed by atoms with Crippen molar-refractivity contribution in [1.82, 2.24) is 5.32 Å². The average molecular weight is 264 g/mol. The zero-order valence-electron chi connectivity index (χ0n) is 6.66. The Morgan fingerprint density at radius 1 is 1.46 bits per heavy atom. The molecular formula is C6H9BrF3NO2. The lowest BCUT2D eigenvalue weighted by Crippen LogP contribution is -2.30. The van der Waals surface area contributed by atoms with Gasteiger partial charge in [-0.3, -0.25) is 4.79 Å². The van der Waals surface area contributed by atoms with Crippen molar-refractivity contribution in [1.29, 1.82) is 0 Å². The molecule has 0 aliphatic rings. The van der Waals surface area contributed by atoms with Gasteiger partial charge >= 0.3 is 6.18 Å². The minimum Gasteiger partial charge on any atom is -0.362 e. The summed E-state index contributed by atoms with van der Waals surface area (Å²) in [6.45, 7) is -1.59. The molecule has 78 valence electrons. The van der Waals surface area contributed by atoms with Crippen LogP contribution < -0.4 is 5.32 Å². The van der Waals surface area contributed by atoms with Crippen LogP contribution in [0.3, 0.4) is 0 Å². The molecule has 0 spiro atoms. The van der Waals surface area contributed by atoms with Gasteiger partial charge in [0.2, 0.25) is 5.91 Å². The van der Waals surface area contributed by atoms with Crippen LogP contribution in [0, 0.1) is 0 Å². The SMILES string of the molecule is O=C(COCC(F)(F)F)NCCBr. The van der Waals surface area contributed by atoms with Crippen molar-refractivity contribution in [2.75, 3.05) is 25.1 Å². The second-order valence-corrected chi connectivity index (χ2v) is 2.94. The van der Waals surface area contributed by atoms with Gasteiger partial charge in [0.15, 0.2) is 0 Å². The van der Waals surface area contributed by atoms with Crippen LogP contribution in [-0.2, 0) is 9.53 Å². The molecule has 0 aliphatic carbocycles. The zero-order chi connectivity index (χ0) is 10.3. The number of nitrogens with one attached hydrogen (secondary N) is 1. The highest BCUT2D eigenvalue weighted by Crippen LogP contribution is 2.13. The van der Waals surface area contributed by atoms with Crippen LogP contribution in [0.4, 0.5) is 13.2 Å². The maximum Gasteiger partial charge on any atom is 0.411 e. The number of hydrogen-bond acceptors (Lipinski definition) is 2. The standard InChI is InChI=1S/C6H9BrF3NO2/c7-1-2-11-5(12)3-13-4-6(8,9)10/h1-4H2,(H,11,12). The topological polar surface area (TPSA) is 38.3 Å². The molecule has 0 bridgehead atoms. The fraction of sp³-hybridized carbons (Fsp3) is 0.833. The van der Waals surface area contributed by atoms with E-state index in [1.165, 1.54) is 0 Å². The number of alkyl halides is 4. The van der Waals surface area contributed by atoms with E-state index < -0.39 is 25.3 Å². The summed E-state index contributed by atoms with van der Waals surface area (Å²) in [5.74, 6) is -0.552. The van der Waals surface area contributed by atoms with Gasteiger partial charge in [-0.15, -0.1) is 0 Å². The molecule has 0 aromatic heterocycles. The molecule has 0 saturated carbocycles. The zero-order valence-corrected chi connectivity index (χ0v) is 8.24. The number of hydrogen-bond donors (Lipinski definition) is 1. The van der Waals surface area contributed by atoms with E-state index in [9.17, 15) is 18.0 Å². The fourth-order valence-corrected chi connectivity index (χ4v) is 0.695. The van der Waals surface area contributed by atoms with E-state index in [-0.39, 0.29) is 0 Å². The maximum atomic E-state index is 11.5. The Labute approximate surface area is 81.8 Å². The number of carbonyl (C=O) groups excluding carboxylic acids is 1. The third-order valence-corrected chi connectivity index (χ3v) is 1.31. The molecule has 0 aromatic rings. The lowest BCUT2D eigenvalue weighted by atomic mass is 10.6. The van der Waals surface area contributed by atoms with Crippen molar-refractivity contribution < 1.29 is 22.7 Å². The van der Waals surface area contributed by atoms with Gasteiger partial charge in [-0.05, 0) is 0 Å². The van der Waals surface area contributed by atoms with Crippen LogP contribution in [0.2, 0.25) is 0 Å². The van der Waals surface area contributed by atoms with Gasteiger partial charge in [0, 0.05) is 11.9 Å². The van der Waals surface area contributed by atoms with Crippen molar-refractivity contribution in [3.05, 3.63) is 0 Å². The van der Waals surface area contributed by atoms with Gasteiger partial charge in [-0.25, -0.2) is 0 Å². The van der Waals surface area contributed by atoms with Gasteiger partial charge in [0.1, 0.15) is 13.2 Å². The Morgan fingerprint density at radius 2 is 2.08 bits per heavy atom. The van der Waals surface area contributed by atoms with Gasteiger partial charge in [0.05, 0.1) is 0 Å². The van der Waals surface area contributed by atoms with E-state index in [4.69, 9.17) is 0 Å². The smallest absolute Gasteiger partial charge is 0.362 e. The predicted molar refractivity (Wildman–Crippen MR) is 43.7 cm³/mol.